The molecule has 2 amide bonds. The van der Waals surface area contributed by atoms with E-state index in [9.17, 15) is 22.8 Å². The molecule has 1 aliphatic rings. The molecule has 0 bridgehead atoms. The number of amides is 2. The molecule has 0 radical (unpaired) electrons. The van der Waals surface area contributed by atoms with Gasteiger partial charge < -0.3 is 20.3 Å². The Hall–Kier alpha value is -3.67. The number of hydrogen-bond acceptors (Lipinski definition) is 6. The molecule has 0 saturated carbocycles. The van der Waals surface area contributed by atoms with E-state index in [4.69, 9.17) is 4.74 Å². The second-order valence-electron chi connectivity index (χ2n) is 8.39. The summed E-state index contributed by atoms with van der Waals surface area (Å²) >= 11 is 0. The Morgan fingerprint density at radius 3 is 2.63 bits per heavy atom. The molecule has 1 aromatic carbocycles. The van der Waals surface area contributed by atoms with Gasteiger partial charge in [-0.2, -0.15) is 18.3 Å². The molecule has 9 nitrogen and oxygen atoms in total. The van der Waals surface area contributed by atoms with Crippen LogP contribution in [0.3, 0.4) is 0 Å². The summed E-state index contributed by atoms with van der Waals surface area (Å²) in [6.45, 7) is 6.41. The number of alkyl halides is 3. The molecular weight excluding hydrogens is 465 g/mol. The normalized spacial score (nSPS) is 14.4. The van der Waals surface area contributed by atoms with Crippen molar-refractivity contribution in [2.75, 3.05) is 31.5 Å². The number of nitrogens with zero attached hydrogens (tertiary/aromatic N) is 4. The monoisotopic (exact) mass is 490 g/mol. The number of rotatable bonds is 6. The van der Waals surface area contributed by atoms with E-state index in [2.05, 4.69) is 20.7 Å². The van der Waals surface area contributed by atoms with E-state index < -0.39 is 17.8 Å². The van der Waals surface area contributed by atoms with Crippen molar-refractivity contribution < 1.29 is 27.5 Å². The van der Waals surface area contributed by atoms with E-state index in [1.165, 1.54) is 10.7 Å². The molecule has 2 aromatic heterocycles. The number of piperazine rings is 1. The molecule has 0 aliphatic carbocycles. The minimum absolute atomic E-state index is 0.0536. The van der Waals surface area contributed by atoms with Gasteiger partial charge in [-0.1, -0.05) is 6.07 Å². The first-order chi connectivity index (χ1) is 16.6. The topological polar surface area (TPSA) is 101 Å². The first-order valence-corrected chi connectivity index (χ1v) is 11.1. The van der Waals surface area contributed by atoms with Crippen molar-refractivity contribution in [1.82, 2.24) is 25.0 Å². The quantitative estimate of drug-likeness (QED) is 0.551. The molecule has 0 spiro atoms. The lowest BCUT2D eigenvalue weighted by Gasteiger charge is -2.27. The van der Waals surface area contributed by atoms with Crippen LogP contribution in [0, 0.1) is 0 Å². The summed E-state index contributed by atoms with van der Waals surface area (Å²) in [6.07, 6.45) is -3.24. The van der Waals surface area contributed by atoms with Gasteiger partial charge in [0.15, 0.2) is 0 Å². The molecule has 186 valence electrons. The number of anilines is 1. The maximum atomic E-state index is 13.0. The number of fused-ring (bicyclic) bond motifs is 1. The van der Waals surface area contributed by atoms with Crippen LogP contribution < -0.4 is 15.4 Å². The van der Waals surface area contributed by atoms with Gasteiger partial charge in [-0.3, -0.25) is 14.3 Å². The Labute approximate surface area is 199 Å². The van der Waals surface area contributed by atoms with Gasteiger partial charge >= 0.3 is 6.18 Å². The van der Waals surface area contributed by atoms with Crippen LogP contribution in [-0.4, -0.2) is 63.8 Å². The predicted octanol–water partition coefficient (Wildman–Crippen LogP) is 2.92. The van der Waals surface area contributed by atoms with Gasteiger partial charge in [0.1, 0.15) is 23.7 Å². The highest BCUT2D eigenvalue weighted by atomic mass is 19.4. The molecular formula is C23H25F3N6O3. The molecule has 1 saturated heterocycles. The van der Waals surface area contributed by atoms with E-state index in [-0.39, 0.29) is 29.9 Å². The van der Waals surface area contributed by atoms with Crippen LogP contribution in [0.1, 0.15) is 30.0 Å². The fourth-order valence-corrected chi connectivity index (χ4v) is 3.69. The van der Waals surface area contributed by atoms with E-state index in [1.807, 2.05) is 0 Å². The van der Waals surface area contributed by atoms with Crippen LogP contribution in [0.15, 0.2) is 36.5 Å². The summed E-state index contributed by atoms with van der Waals surface area (Å²) in [5.74, 6) is -0.570. The number of carbonyl (C=O) groups is 2. The number of pyridine rings is 1. The van der Waals surface area contributed by atoms with E-state index in [0.717, 1.165) is 25.2 Å². The first kappa shape index (κ1) is 24.5. The largest absolute Gasteiger partial charge is 0.489 e. The zero-order valence-corrected chi connectivity index (χ0v) is 19.2. The molecule has 2 N–H and O–H groups in total. The van der Waals surface area contributed by atoms with Gasteiger partial charge in [-0.25, -0.2) is 4.98 Å². The van der Waals surface area contributed by atoms with E-state index in [0.29, 0.717) is 29.7 Å². The third-order valence-electron chi connectivity index (χ3n) is 5.30. The fraction of sp³-hybridized carbons (Fsp3) is 0.391. The number of ether oxygens (including phenoxy) is 1. The van der Waals surface area contributed by atoms with Crippen LogP contribution >= 0.6 is 0 Å². The third kappa shape index (κ3) is 5.88. The Kier molecular flexibility index (Phi) is 6.92. The number of nitrogens with one attached hydrogen (secondary N) is 2. The van der Waals surface area contributed by atoms with Crippen LogP contribution in [0.25, 0.3) is 10.9 Å². The molecule has 3 heterocycles. The highest BCUT2D eigenvalue weighted by Gasteiger charge is 2.33. The maximum absolute atomic E-state index is 13.0. The molecule has 4 rings (SSSR count). The van der Waals surface area contributed by atoms with Crippen molar-refractivity contribution in [2.45, 2.75) is 32.7 Å². The van der Waals surface area contributed by atoms with Gasteiger partial charge in [-0.15, -0.1) is 0 Å². The summed E-state index contributed by atoms with van der Waals surface area (Å²) in [7, 11) is 0. The van der Waals surface area contributed by atoms with Gasteiger partial charge in [0, 0.05) is 43.8 Å². The van der Waals surface area contributed by atoms with Crippen molar-refractivity contribution in [2.24, 2.45) is 0 Å². The number of benzene rings is 1. The standard InChI is InChI=1S/C23H25F3N6O3/c1-14(2)35-19-11-17-15(12-32(30-17)13-21(33)31-8-6-27-7-9-31)10-18(19)29-22(34)16-4-3-5-20(28-16)23(24,25)26/h3-5,10-12,14,27H,6-9,13H2,1-2H3,(H,29,34). The van der Waals surface area contributed by atoms with Crippen molar-refractivity contribution in [1.29, 1.82) is 0 Å². The summed E-state index contributed by atoms with van der Waals surface area (Å²) in [6, 6.07) is 6.35. The van der Waals surface area contributed by atoms with Crippen molar-refractivity contribution in [3.05, 3.63) is 47.9 Å². The lowest BCUT2D eigenvalue weighted by atomic mass is 10.2. The van der Waals surface area contributed by atoms with Crippen LogP contribution in [0.2, 0.25) is 0 Å². The van der Waals surface area contributed by atoms with Crippen molar-refractivity contribution >= 4 is 28.4 Å². The molecule has 0 atom stereocenters. The zero-order valence-electron chi connectivity index (χ0n) is 19.2. The minimum Gasteiger partial charge on any atom is -0.489 e. The van der Waals surface area contributed by atoms with Gasteiger partial charge in [0.25, 0.3) is 5.91 Å². The average molecular weight is 490 g/mol. The molecule has 35 heavy (non-hydrogen) atoms. The summed E-state index contributed by atoms with van der Waals surface area (Å²) in [5, 5.41) is 10.9. The number of aromatic nitrogens is 3. The summed E-state index contributed by atoms with van der Waals surface area (Å²) < 4.78 is 46.3. The summed E-state index contributed by atoms with van der Waals surface area (Å²) in [4.78, 5) is 30.5. The van der Waals surface area contributed by atoms with Crippen molar-refractivity contribution in [3.63, 3.8) is 0 Å². The van der Waals surface area contributed by atoms with Crippen LogP contribution in [0.4, 0.5) is 18.9 Å². The van der Waals surface area contributed by atoms with Crippen LogP contribution in [-0.2, 0) is 17.5 Å². The number of halogens is 3. The van der Waals surface area contributed by atoms with Gasteiger partial charge in [0.2, 0.25) is 5.91 Å². The Morgan fingerprint density at radius 1 is 1.20 bits per heavy atom. The average Bonchev–Trinajstić information content (AvgIpc) is 3.19. The van der Waals surface area contributed by atoms with E-state index >= 15 is 0 Å². The molecule has 1 aliphatic heterocycles. The van der Waals surface area contributed by atoms with E-state index in [1.54, 1.807) is 37.1 Å². The first-order valence-electron chi connectivity index (χ1n) is 11.1. The number of hydrogen-bond donors (Lipinski definition) is 2. The molecule has 12 heteroatoms. The second kappa shape index (κ2) is 9.90. The van der Waals surface area contributed by atoms with Crippen molar-refractivity contribution in [3.8, 4) is 5.75 Å². The lowest BCUT2D eigenvalue weighted by molar-refractivity contribution is -0.141. The molecule has 3 aromatic rings. The summed E-state index contributed by atoms with van der Waals surface area (Å²) in [5.41, 5.74) is -0.741. The molecule has 1 fully saturated rings. The molecule has 0 unspecified atom stereocenters. The SMILES string of the molecule is CC(C)Oc1cc2nn(CC(=O)N3CCNCC3)cc2cc1NC(=O)c1cccc(C(F)(F)F)n1. The van der Waals surface area contributed by atoms with Gasteiger partial charge in [-0.05, 0) is 32.0 Å². The fourth-order valence-electron chi connectivity index (χ4n) is 3.69. The maximum Gasteiger partial charge on any atom is 0.433 e. The Bertz CT molecular complexity index is 1230. The minimum atomic E-state index is -4.67. The third-order valence-corrected chi connectivity index (χ3v) is 5.30. The highest BCUT2D eigenvalue weighted by Crippen LogP contribution is 2.32. The van der Waals surface area contributed by atoms with Gasteiger partial charge in [0.05, 0.1) is 17.3 Å². The Morgan fingerprint density at radius 2 is 1.94 bits per heavy atom. The highest BCUT2D eigenvalue weighted by molar-refractivity contribution is 6.05. The second-order valence-corrected chi connectivity index (χ2v) is 8.39. The number of carbonyl (C=O) groups excluding carboxylic acids is 2. The lowest BCUT2D eigenvalue weighted by Crippen LogP contribution is -2.47. The zero-order chi connectivity index (χ0) is 25.2. The smallest absolute Gasteiger partial charge is 0.433 e. The predicted molar refractivity (Wildman–Crippen MR) is 122 cm³/mol. The van der Waals surface area contributed by atoms with Crippen LogP contribution in [0.5, 0.6) is 5.75 Å². The Balaban J connectivity index is 1.60.